The fourth-order valence-corrected chi connectivity index (χ4v) is 3.46. The monoisotopic (exact) mass is 389 g/mol. The van der Waals surface area contributed by atoms with Crippen LogP contribution in [0, 0.1) is 0 Å². The van der Waals surface area contributed by atoms with E-state index < -0.39 is 0 Å². The second kappa shape index (κ2) is 8.24. The van der Waals surface area contributed by atoms with E-state index in [1.165, 1.54) is 10.9 Å². The maximum Gasteiger partial charge on any atom is 0.169 e. The molecule has 0 saturated heterocycles. The Labute approximate surface area is 167 Å². The lowest BCUT2D eigenvalue weighted by Crippen LogP contribution is -3.00. The molecule has 0 radical (unpaired) electrons. The lowest BCUT2D eigenvalue weighted by Gasteiger charge is -2.24. The fraction of sp³-hybridized carbons (Fsp3) is 0.364. The van der Waals surface area contributed by atoms with Crippen molar-refractivity contribution in [1.29, 1.82) is 0 Å². The Morgan fingerprint density at radius 2 is 1.37 bits per heavy atom. The Morgan fingerprint density at radius 3 is 1.96 bits per heavy atom. The third-order valence-electron chi connectivity index (χ3n) is 4.82. The number of quaternary nitrogens is 1. The van der Waals surface area contributed by atoms with Crippen LogP contribution in [-0.4, -0.2) is 53.5 Å². The summed E-state index contributed by atoms with van der Waals surface area (Å²) < 4.78 is 17.9. The predicted octanol–water partition coefficient (Wildman–Crippen LogP) is 1.27. The largest absolute Gasteiger partial charge is 1.00 e. The number of hydrogen-bond donors (Lipinski definition) is 0. The van der Waals surface area contributed by atoms with Gasteiger partial charge in [0, 0.05) is 22.6 Å². The summed E-state index contributed by atoms with van der Waals surface area (Å²) in [6, 6.07) is 12.5. The zero-order chi connectivity index (χ0) is 18.9. The summed E-state index contributed by atoms with van der Waals surface area (Å²) in [5.74, 6) is 2.39. The van der Waals surface area contributed by atoms with Crippen LogP contribution < -0.4 is 26.6 Å². The molecule has 3 aromatic carbocycles. The van der Waals surface area contributed by atoms with Gasteiger partial charge in [0.2, 0.25) is 0 Å². The smallest absolute Gasteiger partial charge is 0.169 e. The standard InChI is InChI=1S/C22H28NO3.ClH/c1-23(2,3)14-13-16-8-11-18(24-4)17-10-7-15-9-12-19(25-5)22(26-6)21(15)20(16)17;/h7-12H,13-14H2,1-6H3;1H/q+1;/p-1. The molecule has 0 atom stereocenters. The highest BCUT2D eigenvalue weighted by Crippen LogP contribution is 2.43. The van der Waals surface area contributed by atoms with Crippen molar-refractivity contribution >= 4 is 21.5 Å². The lowest BCUT2D eigenvalue weighted by molar-refractivity contribution is -0.870. The van der Waals surface area contributed by atoms with Crippen LogP contribution in [0.3, 0.4) is 0 Å². The number of hydrogen-bond acceptors (Lipinski definition) is 3. The summed E-state index contributed by atoms with van der Waals surface area (Å²) in [5, 5.41) is 4.51. The molecule has 3 aromatic rings. The second-order valence-corrected chi connectivity index (χ2v) is 7.58. The Bertz CT molecular complexity index is 948. The fourth-order valence-electron chi connectivity index (χ4n) is 3.46. The summed E-state index contributed by atoms with van der Waals surface area (Å²) in [4.78, 5) is 0. The number of methoxy groups -OCH3 is 3. The summed E-state index contributed by atoms with van der Waals surface area (Å²) in [6.07, 6.45) is 0.976. The minimum Gasteiger partial charge on any atom is -1.00 e. The first-order valence-corrected chi connectivity index (χ1v) is 8.83. The van der Waals surface area contributed by atoms with Gasteiger partial charge in [-0.15, -0.1) is 0 Å². The minimum atomic E-state index is 0. The third-order valence-corrected chi connectivity index (χ3v) is 4.82. The quantitative estimate of drug-likeness (QED) is 0.469. The first-order valence-electron chi connectivity index (χ1n) is 8.83. The number of ether oxygens (including phenoxy) is 3. The first kappa shape index (κ1) is 21.1. The van der Waals surface area contributed by atoms with E-state index in [-0.39, 0.29) is 12.4 Å². The van der Waals surface area contributed by atoms with Gasteiger partial charge in [0.15, 0.2) is 11.5 Å². The highest BCUT2D eigenvalue weighted by molar-refractivity contribution is 6.14. The van der Waals surface area contributed by atoms with Crippen molar-refractivity contribution in [2.75, 3.05) is 49.0 Å². The van der Waals surface area contributed by atoms with Crippen LogP contribution >= 0.6 is 0 Å². The third kappa shape index (κ3) is 4.07. The molecule has 0 bridgehead atoms. The molecule has 0 aliphatic rings. The van der Waals surface area contributed by atoms with E-state index in [1.807, 2.05) is 6.07 Å². The van der Waals surface area contributed by atoms with Crippen LogP contribution in [0.25, 0.3) is 21.5 Å². The number of halogens is 1. The van der Waals surface area contributed by atoms with Crippen molar-refractivity contribution < 1.29 is 31.1 Å². The Balaban J connectivity index is 0.00000261. The van der Waals surface area contributed by atoms with Crippen LogP contribution in [0.1, 0.15) is 5.56 Å². The maximum absolute atomic E-state index is 5.76. The molecule has 0 amide bonds. The van der Waals surface area contributed by atoms with Crippen LogP contribution in [0.2, 0.25) is 0 Å². The summed E-state index contributed by atoms with van der Waals surface area (Å²) >= 11 is 0. The maximum atomic E-state index is 5.76. The van der Waals surface area contributed by atoms with E-state index in [0.29, 0.717) is 0 Å². The van der Waals surface area contributed by atoms with Crippen molar-refractivity contribution in [3.8, 4) is 17.2 Å². The van der Waals surface area contributed by atoms with E-state index in [2.05, 4.69) is 51.5 Å². The van der Waals surface area contributed by atoms with Crippen LogP contribution in [0.5, 0.6) is 17.2 Å². The molecule has 0 spiro atoms. The summed E-state index contributed by atoms with van der Waals surface area (Å²) in [7, 11) is 11.7. The molecule has 0 N–H and O–H groups in total. The predicted molar refractivity (Wildman–Crippen MR) is 108 cm³/mol. The molecule has 0 aromatic heterocycles. The molecule has 0 fully saturated rings. The van der Waals surface area contributed by atoms with Gasteiger partial charge in [-0.25, -0.2) is 0 Å². The van der Waals surface area contributed by atoms with Crippen molar-refractivity contribution in [1.82, 2.24) is 0 Å². The zero-order valence-electron chi connectivity index (χ0n) is 16.9. The Kier molecular flexibility index (Phi) is 6.45. The van der Waals surface area contributed by atoms with Gasteiger partial charge in [-0.05, 0) is 23.1 Å². The van der Waals surface area contributed by atoms with E-state index in [0.717, 1.165) is 50.9 Å². The van der Waals surface area contributed by atoms with Gasteiger partial charge in [-0.3, -0.25) is 0 Å². The molecule has 4 nitrogen and oxygen atoms in total. The Hall–Kier alpha value is -2.17. The van der Waals surface area contributed by atoms with Crippen LogP contribution in [0.4, 0.5) is 0 Å². The van der Waals surface area contributed by atoms with Gasteiger partial charge < -0.3 is 31.1 Å². The summed E-state index contributed by atoms with van der Waals surface area (Å²) in [5.41, 5.74) is 1.30. The van der Waals surface area contributed by atoms with Crippen molar-refractivity contribution in [3.63, 3.8) is 0 Å². The molecule has 0 unspecified atom stereocenters. The van der Waals surface area contributed by atoms with Crippen molar-refractivity contribution in [2.45, 2.75) is 6.42 Å². The normalized spacial score (nSPS) is 11.3. The minimum absolute atomic E-state index is 0. The molecule has 5 heteroatoms. The van der Waals surface area contributed by atoms with Gasteiger partial charge in [0.05, 0.1) is 49.0 Å². The van der Waals surface area contributed by atoms with Crippen molar-refractivity contribution in [3.05, 3.63) is 42.0 Å². The van der Waals surface area contributed by atoms with Gasteiger partial charge >= 0.3 is 0 Å². The molecular formula is C22H28ClNO3. The van der Waals surface area contributed by atoms with E-state index >= 15 is 0 Å². The van der Waals surface area contributed by atoms with Gasteiger partial charge in [-0.1, -0.05) is 24.3 Å². The molecule has 0 saturated carbocycles. The average Bonchev–Trinajstić information content (AvgIpc) is 2.63. The number of fused-ring (bicyclic) bond motifs is 3. The highest BCUT2D eigenvalue weighted by Gasteiger charge is 2.18. The van der Waals surface area contributed by atoms with Gasteiger partial charge in [0.25, 0.3) is 0 Å². The summed E-state index contributed by atoms with van der Waals surface area (Å²) in [6.45, 7) is 1.05. The van der Waals surface area contributed by atoms with E-state index in [1.54, 1.807) is 21.3 Å². The molecule has 3 rings (SSSR count). The van der Waals surface area contributed by atoms with Crippen LogP contribution in [0.15, 0.2) is 36.4 Å². The zero-order valence-corrected chi connectivity index (χ0v) is 17.7. The number of likely N-dealkylation sites (N-methyl/N-ethyl adjacent to an activating group) is 1. The number of nitrogens with zero attached hydrogens (tertiary/aromatic N) is 1. The average molecular weight is 390 g/mol. The topological polar surface area (TPSA) is 27.7 Å². The van der Waals surface area contributed by atoms with Gasteiger partial charge in [-0.2, -0.15) is 0 Å². The van der Waals surface area contributed by atoms with E-state index in [4.69, 9.17) is 14.2 Å². The van der Waals surface area contributed by atoms with Gasteiger partial charge in [0.1, 0.15) is 5.75 Å². The highest BCUT2D eigenvalue weighted by atomic mass is 35.5. The first-order chi connectivity index (χ1) is 12.4. The van der Waals surface area contributed by atoms with Crippen molar-refractivity contribution in [2.24, 2.45) is 0 Å². The van der Waals surface area contributed by atoms with Crippen LogP contribution in [-0.2, 0) is 6.42 Å². The molecule has 146 valence electrons. The molecule has 0 aliphatic heterocycles. The molecule has 0 aliphatic carbocycles. The number of benzene rings is 3. The Morgan fingerprint density at radius 1 is 0.741 bits per heavy atom. The SMILES string of the molecule is COc1ccc2ccc3c(OC)ccc(CC[N+](C)(C)C)c3c2c1OC.[Cl-]. The molecular weight excluding hydrogens is 362 g/mol. The lowest BCUT2D eigenvalue weighted by atomic mass is 9.94. The molecule has 0 heterocycles. The number of rotatable bonds is 6. The molecule has 27 heavy (non-hydrogen) atoms. The second-order valence-electron chi connectivity index (χ2n) is 7.58. The van der Waals surface area contributed by atoms with E-state index in [9.17, 15) is 0 Å².